The molecule has 1 saturated carbocycles. The van der Waals surface area contributed by atoms with Crippen molar-refractivity contribution in [2.45, 2.75) is 31.7 Å². The Balaban J connectivity index is 2.09. The Morgan fingerprint density at radius 3 is 2.61 bits per heavy atom. The van der Waals surface area contributed by atoms with Crippen LogP contribution in [0.3, 0.4) is 0 Å². The summed E-state index contributed by atoms with van der Waals surface area (Å²) in [5, 5.41) is 4.21. The minimum atomic E-state index is 0.342. The van der Waals surface area contributed by atoms with Crippen LogP contribution in [-0.2, 0) is 0 Å². The number of nitrogens with one attached hydrogen (secondary N) is 2. The van der Waals surface area contributed by atoms with E-state index in [0.29, 0.717) is 22.0 Å². The highest BCUT2D eigenvalue weighted by Gasteiger charge is 2.14. The Morgan fingerprint density at radius 1 is 1.28 bits per heavy atom. The molecule has 1 aromatic carbocycles. The largest absolute Gasteiger partial charge is 0.324 e. The number of guanidine groups is 1. The van der Waals surface area contributed by atoms with E-state index in [0.717, 1.165) is 18.5 Å². The molecule has 2 rings (SSSR count). The lowest BCUT2D eigenvalue weighted by atomic mass is 10.3. The maximum absolute atomic E-state index is 6.08. The maximum atomic E-state index is 6.08. The van der Waals surface area contributed by atoms with Crippen molar-refractivity contribution in [2.24, 2.45) is 10.8 Å². The van der Waals surface area contributed by atoms with Gasteiger partial charge in [0.05, 0.1) is 16.8 Å². The summed E-state index contributed by atoms with van der Waals surface area (Å²) < 4.78 is 0. The van der Waals surface area contributed by atoms with E-state index in [1.54, 1.807) is 18.2 Å². The molecule has 0 aliphatic heterocycles. The first-order chi connectivity index (χ1) is 8.69. The summed E-state index contributed by atoms with van der Waals surface area (Å²) >= 11 is 11.9. The molecule has 98 valence electrons. The number of rotatable bonds is 2. The molecule has 1 aliphatic carbocycles. The van der Waals surface area contributed by atoms with Gasteiger partial charge in [-0.05, 0) is 31.0 Å². The van der Waals surface area contributed by atoms with Crippen LogP contribution in [0, 0.1) is 0 Å². The van der Waals surface area contributed by atoms with E-state index in [1.807, 2.05) is 0 Å². The summed E-state index contributed by atoms with van der Waals surface area (Å²) in [4.78, 5) is 4.53. The van der Waals surface area contributed by atoms with Crippen molar-refractivity contribution in [1.82, 2.24) is 5.43 Å². The Labute approximate surface area is 117 Å². The van der Waals surface area contributed by atoms with E-state index in [4.69, 9.17) is 29.0 Å². The minimum absolute atomic E-state index is 0.342. The van der Waals surface area contributed by atoms with Crippen LogP contribution in [-0.4, -0.2) is 12.0 Å². The van der Waals surface area contributed by atoms with Gasteiger partial charge in [0.2, 0.25) is 5.96 Å². The fraction of sp³-hybridized carbons (Fsp3) is 0.417. The zero-order valence-corrected chi connectivity index (χ0v) is 11.4. The van der Waals surface area contributed by atoms with Crippen LogP contribution >= 0.6 is 23.2 Å². The molecule has 0 unspecified atom stereocenters. The zero-order chi connectivity index (χ0) is 13.0. The number of anilines is 1. The van der Waals surface area contributed by atoms with E-state index in [9.17, 15) is 0 Å². The molecule has 0 heterocycles. The first kappa shape index (κ1) is 13.5. The number of aliphatic imine (C=N–C) groups is 1. The van der Waals surface area contributed by atoms with Crippen LogP contribution < -0.4 is 16.6 Å². The summed E-state index contributed by atoms with van der Waals surface area (Å²) in [6.45, 7) is 0. The van der Waals surface area contributed by atoms with E-state index >= 15 is 0 Å². The Kier molecular flexibility index (Phi) is 4.69. The first-order valence-corrected chi connectivity index (χ1v) is 6.71. The molecule has 0 aromatic heterocycles. The summed E-state index contributed by atoms with van der Waals surface area (Å²) in [6, 6.07) is 5.58. The van der Waals surface area contributed by atoms with Crippen LogP contribution in [0.15, 0.2) is 23.2 Å². The SMILES string of the molecule is NNC(=NC1CCCC1)Nc1ccc(Cl)cc1Cl. The fourth-order valence-electron chi connectivity index (χ4n) is 2.04. The van der Waals surface area contributed by atoms with Crippen molar-refractivity contribution < 1.29 is 0 Å². The van der Waals surface area contributed by atoms with Crippen LogP contribution in [0.4, 0.5) is 5.69 Å². The van der Waals surface area contributed by atoms with Gasteiger partial charge in [-0.2, -0.15) is 0 Å². The second-order valence-corrected chi connectivity index (χ2v) is 5.15. The average molecular weight is 287 g/mol. The van der Waals surface area contributed by atoms with Gasteiger partial charge in [-0.15, -0.1) is 0 Å². The van der Waals surface area contributed by atoms with Gasteiger partial charge < -0.3 is 5.32 Å². The van der Waals surface area contributed by atoms with Crippen LogP contribution in [0.2, 0.25) is 10.0 Å². The smallest absolute Gasteiger partial charge is 0.210 e. The van der Waals surface area contributed by atoms with Crippen molar-refractivity contribution in [3.8, 4) is 0 Å². The Bertz CT molecular complexity index is 442. The quantitative estimate of drug-likeness (QED) is 0.339. The highest BCUT2D eigenvalue weighted by Crippen LogP contribution is 2.26. The Morgan fingerprint density at radius 2 is 2.00 bits per heavy atom. The molecule has 1 aliphatic rings. The second kappa shape index (κ2) is 6.27. The highest BCUT2D eigenvalue weighted by molar-refractivity contribution is 6.36. The lowest BCUT2D eigenvalue weighted by molar-refractivity contribution is 0.700. The number of nitrogens with zero attached hydrogens (tertiary/aromatic N) is 1. The second-order valence-electron chi connectivity index (χ2n) is 4.31. The van der Waals surface area contributed by atoms with Gasteiger partial charge in [-0.3, -0.25) is 5.43 Å². The Hall–Kier alpha value is -0.970. The first-order valence-electron chi connectivity index (χ1n) is 5.95. The average Bonchev–Trinajstić information content (AvgIpc) is 2.84. The molecule has 18 heavy (non-hydrogen) atoms. The van der Waals surface area contributed by atoms with E-state index in [1.165, 1.54) is 12.8 Å². The summed E-state index contributed by atoms with van der Waals surface area (Å²) in [7, 11) is 0. The fourth-order valence-corrected chi connectivity index (χ4v) is 2.50. The van der Waals surface area contributed by atoms with Gasteiger partial charge in [-0.25, -0.2) is 10.8 Å². The van der Waals surface area contributed by atoms with Crippen molar-refractivity contribution in [1.29, 1.82) is 0 Å². The molecule has 0 bridgehead atoms. The highest BCUT2D eigenvalue weighted by atomic mass is 35.5. The molecular weight excluding hydrogens is 271 g/mol. The zero-order valence-electron chi connectivity index (χ0n) is 9.92. The predicted octanol–water partition coefficient (Wildman–Crippen LogP) is 3.17. The lowest BCUT2D eigenvalue weighted by Gasteiger charge is -2.13. The number of nitrogens with two attached hydrogens (primary N) is 1. The number of halogens is 2. The topological polar surface area (TPSA) is 62.4 Å². The summed E-state index contributed by atoms with van der Waals surface area (Å²) in [6.07, 6.45) is 4.68. The molecule has 6 heteroatoms. The molecule has 4 N–H and O–H groups in total. The molecule has 4 nitrogen and oxygen atoms in total. The molecule has 0 radical (unpaired) electrons. The molecular formula is C12H16Cl2N4. The van der Waals surface area contributed by atoms with Gasteiger partial charge in [0.25, 0.3) is 0 Å². The van der Waals surface area contributed by atoms with E-state index in [2.05, 4.69) is 15.7 Å². The molecule has 1 fully saturated rings. The molecule has 0 saturated heterocycles. The molecule has 0 spiro atoms. The number of hydrogen-bond donors (Lipinski definition) is 3. The van der Waals surface area contributed by atoms with Crippen LogP contribution in [0.5, 0.6) is 0 Å². The van der Waals surface area contributed by atoms with Gasteiger partial charge in [-0.1, -0.05) is 36.0 Å². The van der Waals surface area contributed by atoms with Crippen molar-refractivity contribution in [3.63, 3.8) is 0 Å². The van der Waals surface area contributed by atoms with E-state index in [-0.39, 0.29) is 0 Å². The molecule has 0 amide bonds. The van der Waals surface area contributed by atoms with E-state index < -0.39 is 0 Å². The third-order valence-electron chi connectivity index (χ3n) is 2.96. The maximum Gasteiger partial charge on any atom is 0.210 e. The molecule has 1 aromatic rings. The minimum Gasteiger partial charge on any atom is -0.324 e. The lowest BCUT2D eigenvalue weighted by Crippen LogP contribution is -2.37. The summed E-state index contributed by atoms with van der Waals surface area (Å²) in [5.74, 6) is 6.00. The number of benzene rings is 1. The van der Waals surface area contributed by atoms with Gasteiger partial charge >= 0.3 is 0 Å². The summed E-state index contributed by atoms with van der Waals surface area (Å²) in [5.41, 5.74) is 3.30. The van der Waals surface area contributed by atoms with Crippen LogP contribution in [0.1, 0.15) is 25.7 Å². The number of hydrazine groups is 1. The molecule has 0 atom stereocenters. The van der Waals surface area contributed by atoms with Crippen LogP contribution in [0.25, 0.3) is 0 Å². The normalized spacial score (nSPS) is 16.9. The number of hydrogen-bond acceptors (Lipinski definition) is 2. The van der Waals surface area contributed by atoms with Gasteiger partial charge in [0.1, 0.15) is 0 Å². The standard InChI is InChI=1S/C12H16Cl2N4/c13-8-5-6-11(10(14)7-8)17-12(18-15)16-9-3-1-2-4-9/h5-7,9H,1-4,15H2,(H2,16,17,18). The van der Waals surface area contributed by atoms with Crippen molar-refractivity contribution in [3.05, 3.63) is 28.2 Å². The van der Waals surface area contributed by atoms with Crippen molar-refractivity contribution in [2.75, 3.05) is 5.32 Å². The van der Waals surface area contributed by atoms with Gasteiger partial charge in [0, 0.05) is 5.02 Å². The predicted molar refractivity (Wildman–Crippen MR) is 77.1 cm³/mol. The third-order valence-corrected chi connectivity index (χ3v) is 3.51. The van der Waals surface area contributed by atoms with Crippen molar-refractivity contribution >= 4 is 34.8 Å². The third kappa shape index (κ3) is 3.51. The monoisotopic (exact) mass is 286 g/mol. The van der Waals surface area contributed by atoms with Gasteiger partial charge in [0.15, 0.2) is 0 Å².